The summed E-state index contributed by atoms with van der Waals surface area (Å²) in [7, 11) is 0. The molecule has 2 rings (SSSR count). The molecule has 2 heterocycles. The number of β-lactam (4-membered cyclic amide) rings is 1. The van der Waals surface area contributed by atoms with E-state index in [1.54, 1.807) is 6.92 Å². The van der Waals surface area contributed by atoms with E-state index in [1.807, 2.05) is 0 Å². The summed E-state index contributed by atoms with van der Waals surface area (Å²) in [5.74, 6) is -1.87. The third-order valence-corrected chi connectivity index (χ3v) is 3.33. The molecule has 0 aliphatic carbocycles. The molecule has 6 nitrogen and oxygen atoms in total. The van der Waals surface area contributed by atoms with Crippen molar-refractivity contribution in [2.45, 2.75) is 38.5 Å². The molecule has 0 spiro atoms. The van der Waals surface area contributed by atoms with E-state index in [0.717, 1.165) is 0 Å². The predicted molar refractivity (Wildman–Crippen MR) is 55.8 cm³/mol. The molecular weight excluding hydrogens is 226 g/mol. The number of Topliss-reactive ketones (excluding diaryl/α,β-unsaturated/α-hetero) is 1. The van der Waals surface area contributed by atoms with Crippen LogP contribution in [0.2, 0.25) is 0 Å². The van der Waals surface area contributed by atoms with E-state index in [0.29, 0.717) is 0 Å². The molecule has 0 aromatic rings. The second-order valence-electron chi connectivity index (χ2n) is 4.40. The van der Waals surface area contributed by atoms with Crippen molar-refractivity contribution >= 4 is 17.7 Å². The molecule has 4 unspecified atom stereocenters. The number of esters is 1. The van der Waals surface area contributed by atoms with Crippen LogP contribution in [0.15, 0.2) is 0 Å². The van der Waals surface area contributed by atoms with Gasteiger partial charge in [-0.15, -0.1) is 0 Å². The Balaban J connectivity index is 2.16. The van der Waals surface area contributed by atoms with E-state index < -0.39 is 24.0 Å². The number of rotatable bonds is 3. The van der Waals surface area contributed by atoms with Gasteiger partial charge in [-0.25, -0.2) is 4.79 Å². The number of amides is 1. The molecule has 0 bridgehead atoms. The van der Waals surface area contributed by atoms with Crippen molar-refractivity contribution in [3.8, 4) is 0 Å². The van der Waals surface area contributed by atoms with Crippen molar-refractivity contribution in [2.75, 3.05) is 6.61 Å². The molecule has 0 aromatic carbocycles. The molecule has 0 aromatic heterocycles. The van der Waals surface area contributed by atoms with Crippen LogP contribution in [-0.4, -0.2) is 52.5 Å². The number of ketones is 1. The van der Waals surface area contributed by atoms with Crippen LogP contribution in [-0.2, 0) is 19.1 Å². The molecule has 0 radical (unpaired) electrons. The van der Waals surface area contributed by atoms with E-state index in [2.05, 4.69) is 0 Å². The topological polar surface area (TPSA) is 83.9 Å². The lowest BCUT2D eigenvalue weighted by Gasteiger charge is -2.45. The van der Waals surface area contributed by atoms with Crippen LogP contribution in [0.1, 0.15) is 20.3 Å². The smallest absolute Gasteiger partial charge is 0.336 e. The summed E-state index contributed by atoms with van der Waals surface area (Å²) in [4.78, 5) is 36.3. The Morgan fingerprint density at radius 3 is 2.76 bits per heavy atom. The van der Waals surface area contributed by atoms with Crippen molar-refractivity contribution in [3.05, 3.63) is 0 Å². The van der Waals surface area contributed by atoms with Crippen molar-refractivity contribution in [1.29, 1.82) is 0 Å². The summed E-state index contributed by atoms with van der Waals surface area (Å²) in [6.07, 6.45) is -0.664. The van der Waals surface area contributed by atoms with Crippen LogP contribution < -0.4 is 0 Å². The fourth-order valence-corrected chi connectivity index (χ4v) is 2.60. The molecule has 4 atom stereocenters. The maximum absolute atomic E-state index is 11.8. The Hall–Kier alpha value is -1.43. The van der Waals surface area contributed by atoms with Gasteiger partial charge in [0.2, 0.25) is 5.91 Å². The molecule has 2 aliphatic rings. The number of carbonyl (C=O) groups is 3. The average molecular weight is 241 g/mol. The summed E-state index contributed by atoms with van der Waals surface area (Å²) < 4.78 is 4.78. The lowest BCUT2D eigenvalue weighted by atomic mass is 9.84. The number of ether oxygens (including phenoxy) is 1. The molecule has 1 amide bonds. The minimum Gasteiger partial charge on any atom is -0.464 e. The molecule has 17 heavy (non-hydrogen) atoms. The van der Waals surface area contributed by atoms with E-state index >= 15 is 0 Å². The number of hydrogen-bond donors (Lipinski definition) is 1. The standard InChI is InChI=1S/C11H15NO5/c1-3-17-11(16)9-7(14)4-6-8(5(2)13)10(15)12(6)9/h5-6,8-9,13H,3-4H2,1-2H3. The van der Waals surface area contributed by atoms with Gasteiger partial charge in [0.25, 0.3) is 0 Å². The quantitative estimate of drug-likeness (QED) is 0.393. The first-order valence-corrected chi connectivity index (χ1v) is 5.68. The van der Waals surface area contributed by atoms with Crippen molar-refractivity contribution in [1.82, 2.24) is 4.90 Å². The maximum atomic E-state index is 11.8. The Bertz CT molecular complexity index is 378. The largest absolute Gasteiger partial charge is 0.464 e. The minimum atomic E-state index is -1.09. The number of hydrogen-bond acceptors (Lipinski definition) is 5. The Morgan fingerprint density at radius 1 is 1.59 bits per heavy atom. The van der Waals surface area contributed by atoms with Gasteiger partial charge in [-0.1, -0.05) is 0 Å². The molecule has 6 heteroatoms. The van der Waals surface area contributed by atoms with Gasteiger partial charge in [0.15, 0.2) is 11.8 Å². The first kappa shape index (κ1) is 12.0. The van der Waals surface area contributed by atoms with E-state index in [9.17, 15) is 19.5 Å². The molecular formula is C11H15NO5. The fraction of sp³-hybridized carbons (Fsp3) is 0.727. The zero-order valence-corrected chi connectivity index (χ0v) is 9.75. The first-order valence-electron chi connectivity index (χ1n) is 5.68. The van der Waals surface area contributed by atoms with Crippen LogP contribution in [0.5, 0.6) is 0 Å². The zero-order valence-electron chi connectivity index (χ0n) is 9.75. The Morgan fingerprint density at radius 2 is 2.24 bits per heavy atom. The van der Waals surface area contributed by atoms with Gasteiger partial charge in [0.05, 0.1) is 24.7 Å². The summed E-state index contributed by atoms with van der Waals surface area (Å²) in [6, 6.07) is -1.44. The van der Waals surface area contributed by atoms with Gasteiger partial charge < -0.3 is 14.7 Å². The lowest BCUT2D eigenvalue weighted by molar-refractivity contribution is -0.172. The highest BCUT2D eigenvalue weighted by Gasteiger charge is 2.61. The summed E-state index contributed by atoms with van der Waals surface area (Å²) in [6.45, 7) is 3.34. The predicted octanol–water partition coefficient (Wildman–Crippen LogP) is -0.901. The molecule has 1 N–H and O–H groups in total. The number of aliphatic hydroxyl groups excluding tert-OH is 1. The molecule has 0 saturated carbocycles. The van der Waals surface area contributed by atoms with Crippen LogP contribution in [0.3, 0.4) is 0 Å². The molecule has 94 valence electrons. The van der Waals surface area contributed by atoms with Gasteiger partial charge >= 0.3 is 5.97 Å². The zero-order chi connectivity index (χ0) is 12.7. The van der Waals surface area contributed by atoms with Gasteiger partial charge in [-0.05, 0) is 13.8 Å². The highest BCUT2D eigenvalue weighted by Crippen LogP contribution is 2.39. The second-order valence-corrected chi connectivity index (χ2v) is 4.40. The SMILES string of the molecule is CCOC(=O)C1C(=O)CC2C(C(C)O)C(=O)N12. The third-order valence-electron chi connectivity index (χ3n) is 3.33. The highest BCUT2D eigenvalue weighted by atomic mass is 16.5. The fourth-order valence-electron chi connectivity index (χ4n) is 2.60. The second kappa shape index (κ2) is 4.10. The van der Waals surface area contributed by atoms with Gasteiger partial charge in [-0.3, -0.25) is 9.59 Å². The number of aliphatic hydroxyl groups is 1. The minimum absolute atomic E-state index is 0.130. The summed E-state index contributed by atoms with van der Waals surface area (Å²) >= 11 is 0. The monoisotopic (exact) mass is 241 g/mol. The summed E-state index contributed by atoms with van der Waals surface area (Å²) in [5.41, 5.74) is 0. The normalized spacial score (nSPS) is 33.1. The lowest BCUT2D eigenvalue weighted by Crippen LogP contribution is -2.64. The van der Waals surface area contributed by atoms with Gasteiger partial charge in [-0.2, -0.15) is 0 Å². The van der Waals surface area contributed by atoms with Crippen LogP contribution in [0.25, 0.3) is 0 Å². The Kier molecular flexibility index (Phi) is 2.91. The maximum Gasteiger partial charge on any atom is 0.336 e. The van der Waals surface area contributed by atoms with E-state index in [1.165, 1.54) is 11.8 Å². The molecule has 2 saturated heterocycles. The van der Waals surface area contributed by atoms with Crippen molar-refractivity contribution in [3.63, 3.8) is 0 Å². The third kappa shape index (κ3) is 1.63. The number of fused-ring (bicyclic) bond motifs is 1. The van der Waals surface area contributed by atoms with Crippen LogP contribution >= 0.6 is 0 Å². The van der Waals surface area contributed by atoms with Crippen LogP contribution in [0.4, 0.5) is 0 Å². The van der Waals surface area contributed by atoms with Crippen molar-refractivity contribution < 1.29 is 24.2 Å². The van der Waals surface area contributed by atoms with E-state index in [4.69, 9.17) is 4.74 Å². The van der Waals surface area contributed by atoms with Crippen LogP contribution in [0, 0.1) is 5.92 Å². The molecule has 2 fully saturated rings. The molecule has 2 aliphatic heterocycles. The number of carbonyl (C=O) groups excluding carboxylic acids is 3. The van der Waals surface area contributed by atoms with Crippen molar-refractivity contribution in [2.24, 2.45) is 5.92 Å². The number of nitrogens with zero attached hydrogens (tertiary/aromatic N) is 1. The van der Waals surface area contributed by atoms with Gasteiger partial charge in [0.1, 0.15) is 0 Å². The average Bonchev–Trinajstić information content (AvgIpc) is 2.51. The highest BCUT2D eigenvalue weighted by molar-refractivity contribution is 6.11. The first-order chi connectivity index (χ1) is 7.99. The van der Waals surface area contributed by atoms with Gasteiger partial charge in [0, 0.05) is 6.42 Å². The Labute approximate surface area is 98.5 Å². The summed E-state index contributed by atoms with van der Waals surface area (Å²) in [5, 5.41) is 9.43. The van der Waals surface area contributed by atoms with E-state index in [-0.39, 0.29) is 30.8 Å².